The summed E-state index contributed by atoms with van der Waals surface area (Å²) in [5.41, 5.74) is 0. The molecule has 0 unspecified atom stereocenters. The Morgan fingerprint density at radius 3 is 2.71 bits per heavy atom. The van der Waals surface area contributed by atoms with Crippen LogP contribution in [-0.2, 0) is 19.1 Å². The molecule has 1 fully saturated rings. The summed E-state index contributed by atoms with van der Waals surface area (Å²) in [4.78, 5) is 24.4. The van der Waals surface area contributed by atoms with Gasteiger partial charge in [-0.05, 0) is 19.3 Å². The van der Waals surface area contributed by atoms with Crippen LogP contribution < -0.4 is 0 Å². The van der Waals surface area contributed by atoms with Crippen molar-refractivity contribution in [3.63, 3.8) is 0 Å². The maximum Gasteiger partial charge on any atom is 0.306 e. The fraction of sp³-hybridized carbons (Fsp3) is 0.867. The topological polar surface area (TPSA) is 76.1 Å². The van der Waals surface area contributed by atoms with Crippen LogP contribution in [-0.4, -0.2) is 60.4 Å². The zero-order valence-corrected chi connectivity index (χ0v) is 13.2. The predicted molar refractivity (Wildman–Crippen MR) is 78.1 cm³/mol. The van der Waals surface area contributed by atoms with Crippen LogP contribution in [0.2, 0.25) is 0 Å². The molecule has 0 aromatic heterocycles. The molecule has 0 bridgehead atoms. The van der Waals surface area contributed by atoms with Gasteiger partial charge in [0.05, 0.1) is 38.3 Å². The summed E-state index contributed by atoms with van der Waals surface area (Å²) in [6, 6.07) is 0. The lowest BCUT2D eigenvalue weighted by atomic mass is 10.1. The summed E-state index contributed by atoms with van der Waals surface area (Å²) in [6.45, 7) is 7.98. The maximum absolute atomic E-state index is 12.1. The lowest BCUT2D eigenvalue weighted by molar-refractivity contribution is -0.148. The van der Waals surface area contributed by atoms with E-state index in [2.05, 4.69) is 13.8 Å². The number of carbonyl (C=O) groups is 2. The molecule has 0 aromatic carbocycles. The van der Waals surface area contributed by atoms with E-state index in [1.807, 2.05) is 6.92 Å². The zero-order valence-electron chi connectivity index (χ0n) is 13.2. The monoisotopic (exact) mass is 301 g/mol. The van der Waals surface area contributed by atoms with Crippen LogP contribution in [0.15, 0.2) is 0 Å². The number of carboxylic acid groups (broad SMARTS) is 1. The number of nitrogens with zero attached hydrogens (tertiary/aromatic N) is 1. The van der Waals surface area contributed by atoms with E-state index in [4.69, 9.17) is 14.6 Å². The summed E-state index contributed by atoms with van der Waals surface area (Å²) in [5, 5.41) is 8.76. The summed E-state index contributed by atoms with van der Waals surface area (Å²) in [6.07, 6.45) is 1.00. The van der Waals surface area contributed by atoms with Gasteiger partial charge in [-0.3, -0.25) is 9.59 Å². The highest BCUT2D eigenvalue weighted by Crippen LogP contribution is 2.11. The number of ether oxygens (including phenoxy) is 2. The molecular weight excluding hydrogens is 274 g/mol. The van der Waals surface area contributed by atoms with Gasteiger partial charge in [0, 0.05) is 13.1 Å². The molecule has 2 atom stereocenters. The molecular formula is C15H27NO5. The predicted octanol–water partition coefficient (Wildman–Crippen LogP) is 1.53. The van der Waals surface area contributed by atoms with Crippen molar-refractivity contribution in [3.05, 3.63) is 0 Å². The minimum atomic E-state index is -0.903. The number of hydrogen-bond acceptors (Lipinski definition) is 4. The third kappa shape index (κ3) is 7.43. The summed E-state index contributed by atoms with van der Waals surface area (Å²) in [7, 11) is 0. The van der Waals surface area contributed by atoms with E-state index in [0.29, 0.717) is 38.6 Å². The highest BCUT2D eigenvalue weighted by molar-refractivity contribution is 5.76. The van der Waals surface area contributed by atoms with E-state index in [-0.39, 0.29) is 18.4 Å². The van der Waals surface area contributed by atoms with Crippen molar-refractivity contribution in [2.45, 2.75) is 52.2 Å². The smallest absolute Gasteiger partial charge is 0.306 e. The first-order chi connectivity index (χ1) is 9.88. The standard InChI is InChI=1S/C15H27NO5/c1-11(2)8-12(3)20-6-4-14(17)16-5-7-21-13(10-16)9-15(18)19/h11-13H,4-10H2,1-3H3,(H,18,19)/t12-,13-/m0/s1. The zero-order chi connectivity index (χ0) is 15.8. The minimum absolute atomic E-state index is 0.00503. The second-order valence-electron chi connectivity index (χ2n) is 5.99. The molecule has 1 aliphatic rings. The van der Waals surface area contributed by atoms with Gasteiger partial charge in [-0.25, -0.2) is 0 Å². The van der Waals surface area contributed by atoms with Crippen molar-refractivity contribution < 1.29 is 24.2 Å². The molecule has 0 saturated carbocycles. The highest BCUT2D eigenvalue weighted by atomic mass is 16.5. The fourth-order valence-electron chi connectivity index (χ4n) is 2.50. The third-order valence-corrected chi connectivity index (χ3v) is 3.42. The molecule has 122 valence electrons. The molecule has 1 rings (SSSR count). The minimum Gasteiger partial charge on any atom is -0.481 e. The third-order valence-electron chi connectivity index (χ3n) is 3.42. The number of amides is 1. The average molecular weight is 301 g/mol. The highest BCUT2D eigenvalue weighted by Gasteiger charge is 2.25. The van der Waals surface area contributed by atoms with Crippen LogP contribution in [0.1, 0.15) is 40.0 Å². The molecule has 6 nitrogen and oxygen atoms in total. The lowest BCUT2D eigenvalue weighted by Gasteiger charge is -2.32. The van der Waals surface area contributed by atoms with Crippen LogP contribution in [0.25, 0.3) is 0 Å². The molecule has 0 radical (unpaired) electrons. The van der Waals surface area contributed by atoms with Crippen molar-refractivity contribution in [2.24, 2.45) is 5.92 Å². The van der Waals surface area contributed by atoms with Crippen molar-refractivity contribution in [3.8, 4) is 0 Å². The second kappa shape index (κ2) is 9.00. The fourth-order valence-corrected chi connectivity index (χ4v) is 2.50. The first-order valence-electron chi connectivity index (χ1n) is 7.61. The first kappa shape index (κ1) is 17.9. The molecule has 0 spiro atoms. The number of morpholine rings is 1. The van der Waals surface area contributed by atoms with Crippen molar-refractivity contribution >= 4 is 11.9 Å². The average Bonchev–Trinajstić information content (AvgIpc) is 2.37. The van der Waals surface area contributed by atoms with Crippen LogP contribution in [0, 0.1) is 5.92 Å². The van der Waals surface area contributed by atoms with E-state index < -0.39 is 12.1 Å². The number of carboxylic acids is 1. The Balaban J connectivity index is 2.26. The van der Waals surface area contributed by atoms with Gasteiger partial charge < -0.3 is 19.5 Å². The van der Waals surface area contributed by atoms with E-state index in [9.17, 15) is 9.59 Å². The van der Waals surface area contributed by atoms with E-state index in [1.54, 1.807) is 4.90 Å². The van der Waals surface area contributed by atoms with Gasteiger partial charge in [0.1, 0.15) is 0 Å². The van der Waals surface area contributed by atoms with Gasteiger partial charge in [-0.2, -0.15) is 0 Å². The number of rotatable bonds is 8. The van der Waals surface area contributed by atoms with Crippen molar-refractivity contribution in [2.75, 3.05) is 26.3 Å². The maximum atomic E-state index is 12.1. The number of aliphatic carboxylic acids is 1. The summed E-state index contributed by atoms with van der Waals surface area (Å²) < 4.78 is 11.0. The number of carbonyl (C=O) groups excluding carboxylic acids is 1. The summed E-state index contributed by atoms with van der Waals surface area (Å²) in [5.74, 6) is -0.322. The normalized spacial score (nSPS) is 20.6. The van der Waals surface area contributed by atoms with E-state index >= 15 is 0 Å². The Morgan fingerprint density at radius 2 is 2.10 bits per heavy atom. The Kier molecular flexibility index (Phi) is 7.67. The van der Waals surface area contributed by atoms with Crippen LogP contribution in [0.5, 0.6) is 0 Å². The Labute approximate surface area is 126 Å². The Morgan fingerprint density at radius 1 is 1.38 bits per heavy atom. The van der Waals surface area contributed by atoms with Gasteiger partial charge in [0.2, 0.25) is 5.91 Å². The largest absolute Gasteiger partial charge is 0.481 e. The molecule has 1 aliphatic heterocycles. The number of hydrogen-bond donors (Lipinski definition) is 1. The van der Waals surface area contributed by atoms with Gasteiger partial charge in [-0.1, -0.05) is 13.8 Å². The van der Waals surface area contributed by atoms with Gasteiger partial charge in [0.15, 0.2) is 0 Å². The quantitative estimate of drug-likeness (QED) is 0.736. The second-order valence-corrected chi connectivity index (χ2v) is 5.99. The SMILES string of the molecule is CC(C)C[C@H](C)OCCC(=O)N1CCO[C@@H](CC(=O)O)C1. The Hall–Kier alpha value is -1.14. The first-order valence-corrected chi connectivity index (χ1v) is 7.61. The van der Waals surface area contributed by atoms with Crippen LogP contribution in [0.4, 0.5) is 0 Å². The van der Waals surface area contributed by atoms with Gasteiger partial charge >= 0.3 is 5.97 Å². The van der Waals surface area contributed by atoms with E-state index in [0.717, 1.165) is 6.42 Å². The van der Waals surface area contributed by atoms with Crippen molar-refractivity contribution in [1.29, 1.82) is 0 Å². The molecule has 6 heteroatoms. The van der Waals surface area contributed by atoms with Gasteiger partial charge in [-0.15, -0.1) is 0 Å². The molecule has 0 aliphatic carbocycles. The van der Waals surface area contributed by atoms with Crippen LogP contribution in [0.3, 0.4) is 0 Å². The molecule has 21 heavy (non-hydrogen) atoms. The van der Waals surface area contributed by atoms with E-state index in [1.165, 1.54) is 0 Å². The molecule has 1 saturated heterocycles. The Bertz CT molecular complexity index is 345. The van der Waals surface area contributed by atoms with Crippen LogP contribution >= 0.6 is 0 Å². The molecule has 1 heterocycles. The molecule has 1 N–H and O–H groups in total. The molecule has 1 amide bonds. The van der Waals surface area contributed by atoms with Crippen molar-refractivity contribution in [1.82, 2.24) is 4.90 Å². The molecule has 0 aromatic rings. The summed E-state index contributed by atoms with van der Waals surface area (Å²) >= 11 is 0. The lowest BCUT2D eigenvalue weighted by Crippen LogP contribution is -2.46. The van der Waals surface area contributed by atoms with Gasteiger partial charge in [0.25, 0.3) is 0 Å².